The molecular weight excluding hydrogens is 369 g/mol. The van der Waals surface area contributed by atoms with Gasteiger partial charge < -0.3 is 9.64 Å². The summed E-state index contributed by atoms with van der Waals surface area (Å²) >= 11 is 2.10. The van der Waals surface area contributed by atoms with E-state index < -0.39 is 0 Å². The molecule has 0 atom stereocenters. The Bertz CT molecular complexity index is 548. The topological polar surface area (TPSA) is 55.3 Å². The zero-order valence-electron chi connectivity index (χ0n) is 11.8. The Labute approximate surface area is 132 Å². The Morgan fingerprint density at radius 1 is 1.25 bits per heavy atom. The van der Waals surface area contributed by atoms with Crippen molar-refractivity contribution in [1.29, 1.82) is 0 Å². The monoisotopic (exact) mass is 387 g/mol. The molecule has 2 aliphatic rings. The van der Waals surface area contributed by atoms with Gasteiger partial charge in [0.1, 0.15) is 9.26 Å². The predicted molar refractivity (Wildman–Crippen MR) is 83.9 cm³/mol. The number of esters is 1. The van der Waals surface area contributed by atoms with Crippen molar-refractivity contribution in [2.24, 2.45) is 5.41 Å². The summed E-state index contributed by atoms with van der Waals surface area (Å²) in [5.41, 5.74) is 2.03. The van der Waals surface area contributed by atoms with Gasteiger partial charge in [-0.2, -0.15) is 0 Å². The maximum Gasteiger partial charge on any atom is 0.342 e. The van der Waals surface area contributed by atoms with Crippen molar-refractivity contribution < 1.29 is 9.53 Å². The lowest BCUT2D eigenvalue weighted by Gasteiger charge is -2.33. The number of carbonyl (C=O) groups is 1. The number of hydrogen-bond donors (Lipinski definition) is 0. The van der Waals surface area contributed by atoms with Gasteiger partial charge in [-0.25, -0.2) is 4.79 Å². The second kappa shape index (κ2) is 5.13. The van der Waals surface area contributed by atoms with Gasteiger partial charge in [0.25, 0.3) is 0 Å². The molecule has 1 aromatic heterocycles. The summed E-state index contributed by atoms with van der Waals surface area (Å²) in [4.78, 5) is 14.3. The van der Waals surface area contributed by atoms with Crippen molar-refractivity contribution in [3.63, 3.8) is 0 Å². The van der Waals surface area contributed by atoms with Gasteiger partial charge in [-0.3, -0.25) is 0 Å². The molecule has 0 aromatic carbocycles. The van der Waals surface area contributed by atoms with Crippen LogP contribution in [0.25, 0.3) is 0 Å². The predicted octanol–water partition coefficient (Wildman–Crippen LogP) is 2.56. The van der Waals surface area contributed by atoms with Crippen molar-refractivity contribution in [2.45, 2.75) is 32.6 Å². The van der Waals surface area contributed by atoms with Crippen LogP contribution in [0.15, 0.2) is 0 Å². The molecule has 1 saturated carbocycles. The second-order valence-electron chi connectivity index (χ2n) is 5.79. The molecule has 0 amide bonds. The van der Waals surface area contributed by atoms with Crippen LogP contribution in [0.4, 0.5) is 5.82 Å². The average molecular weight is 387 g/mol. The van der Waals surface area contributed by atoms with E-state index >= 15 is 0 Å². The van der Waals surface area contributed by atoms with Crippen molar-refractivity contribution in [2.75, 3.05) is 25.1 Å². The minimum atomic E-state index is -0.322. The first kappa shape index (κ1) is 14.0. The molecule has 0 unspecified atom stereocenters. The highest BCUT2D eigenvalue weighted by atomic mass is 127. The summed E-state index contributed by atoms with van der Waals surface area (Å²) in [6, 6.07) is 0. The van der Waals surface area contributed by atoms with Crippen LogP contribution in [0.1, 0.15) is 41.6 Å². The smallest absolute Gasteiger partial charge is 0.342 e. The summed E-state index contributed by atoms with van der Waals surface area (Å²) in [6.07, 6.45) is 5.12. The number of halogens is 1. The Morgan fingerprint density at radius 2 is 1.90 bits per heavy atom. The molecule has 1 aliphatic heterocycles. The quantitative estimate of drug-likeness (QED) is 0.577. The van der Waals surface area contributed by atoms with E-state index in [4.69, 9.17) is 4.74 Å². The number of carbonyl (C=O) groups excluding carboxylic acids is 1. The molecule has 20 heavy (non-hydrogen) atoms. The summed E-state index contributed by atoms with van der Waals surface area (Å²) in [5.74, 6) is 0.363. The highest BCUT2D eigenvalue weighted by Gasteiger charge is 2.45. The maximum absolute atomic E-state index is 12.1. The molecular formula is C14H18IN3O2. The van der Waals surface area contributed by atoms with Crippen LogP contribution in [0.3, 0.4) is 0 Å². The van der Waals surface area contributed by atoms with Gasteiger partial charge in [0.15, 0.2) is 5.82 Å². The molecule has 108 valence electrons. The van der Waals surface area contributed by atoms with Crippen LogP contribution in [-0.4, -0.2) is 36.4 Å². The van der Waals surface area contributed by atoms with E-state index in [0.717, 1.165) is 22.4 Å². The molecule has 1 spiro atoms. The summed E-state index contributed by atoms with van der Waals surface area (Å²) in [5, 5.41) is 8.44. The van der Waals surface area contributed by atoms with Crippen LogP contribution in [-0.2, 0) is 4.74 Å². The lowest BCUT2D eigenvalue weighted by atomic mass is 9.93. The van der Waals surface area contributed by atoms with Crippen molar-refractivity contribution in [3.8, 4) is 0 Å². The molecule has 5 nitrogen and oxygen atoms in total. The Morgan fingerprint density at radius 3 is 2.45 bits per heavy atom. The molecule has 3 rings (SSSR count). The first-order valence-corrected chi connectivity index (χ1v) is 8.00. The molecule has 0 N–H and O–H groups in total. The summed E-state index contributed by atoms with van der Waals surface area (Å²) < 4.78 is 5.67. The SMILES string of the molecule is COC(=O)c1c(N2CCC3(CC2)CC3)nnc(I)c1C. The number of piperidine rings is 1. The van der Waals surface area contributed by atoms with E-state index in [1.165, 1.54) is 32.8 Å². The zero-order chi connectivity index (χ0) is 14.3. The fourth-order valence-corrected chi connectivity index (χ4v) is 3.30. The molecule has 1 aromatic rings. The average Bonchev–Trinajstić information content (AvgIpc) is 3.21. The standard InChI is InChI=1S/C14H18IN3O2/c1-9-10(13(19)20-2)12(17-16-11(9)15)18-7-5-14(3-4-14)6-8-18/h3-8H2,1-2H3. The van der Waals surface area contributed by atoms with Crippen LogP contribution in [0.2, 0.25) is 0 Å². The molecule has 1 saturated heterocycles. The molecule has 2 heterocycles. The van der Waals surface area contributed by atoms with Gasteiger partial charge in [-0.05, 0) is 60.6 Å². The van der Waals surface area contributed by atoms with E-state index in [1.54, 1.807) is 0 Å². The second-order valence-corrected chi connectivity index (χ2v) is 6.81. The minimum Gasteiger partial charge on any atom is -0.465 e. The highest BCUT2D eigenvalue weighted by Crippen LogP contribution is 2.53. The largest absolute Gasteiger partial charge is 0.465 e. The third kappa shape index (κ3) is 2.38. The van der Waals surface area contributed by atoms with E-state index in [1.807, 2.05) is 6.92 Å². The van der Waals surface area contributed by atoms with Crippen LogP contribution < -0.4 is 4.90 Å². The lowest BCUT2D eigenvalue weighted by Crippen LogP contribution is -2.36. The van der Waals surface area contributed by atoms with E-state index in [2.05, 4.69) is 37.7 Å². The summed E-state index contributed by atoms with van der Waals surface area (Å²) in [6.45, 7) is 3.82. The van der Waals surface area contributed by atoms with Crippen LogP contribution in [0.5, 0.6) is 0 Å². The third-order valence-electron chi connectivity index (χ3n) is 4.61. The van der Waals surface area contributed by atoms with Gasteiger partial charge >= 0.3 is 5.97 Å². The number of rotatable bonds is 2. The minimum absolute atomic E-state index is 0.322. The normalized spacial score (nSPS) is 20.1. The van der Waals surface area contributed by atoms with E-state index in [0.29, 0.717) is 16.8 Å². The van der Waals surface area contributed by atoms with Crippen molar-refractivity contribution >= 4 is 34.4 Å². The lowest BCUT2D eigenvalue weighted by molar-refractivity contribution is 0.0599. The van der Waals surface area contributed by atoms with Crippen molar-refractivity contribution in [3.05, 3.63) is 14.8 Å². The number of nitrogens with zero attached hydrogens (tertiary/aromatic N) is 3. The molecule has 6 heteroatoms. The first-order valence-electron chi connectivity index (χ1n) is 6.92. The number of methoxy groups -OCH3 is 1. The van der Waals surface area contributed by atoms with Crippen molar-refractivity contribution in [1.82, 2.24) is 10.2 Å². The van der Waals surface area contributed by atoms with Gasteiger partial charge in [-0.15, -0.1) is 10.2 Å². The van der Waals surface area contributed by atoms with Gasteiger partial charge in [-0.1, -0.05) is 0 Å². The Hall–Kier alpha value is -0.920. The van der Waals surface area contributed by atoms with E-state index in [-0.39, 0.29) is 5.97 Å². The van der Waals surface area contributed by atoms with Crippen LogP contribution >= 0.6 is 22.6 Å². The Balaban J connectivity index is 1.92. The zero-order valence-corrected chi connectivity index (χ0v) is 13.9. The van der Waals surface area contributed by atoms with Gasteiger partial charge in [0, 0.05) is 18.7 Å². The molecule has 0 bridgehead atoms. The fraction of sp³-hybridized carbons (Fsp3) is 0.643. The molecule has 0 radical (unpaired) electrons. The highest BCUT2D eigenvalue weighted by molar-refractivity contribution is 14.1. The molecule has 1 aliphatic carbocycles. The maximum atomic E-state index is 12.1. The summed E-state index contributed by atoms with van der Waals surface area (Å²) in [7, 11) is 1.41. The van der Waals surface area contributed by atoms with Crippen LogP contribution in [0, 0.1) is 16.0 Å². The van der Waals surface area contributed by atoms with Gasteiger partial charge in [0.2, 0.25) is 0 Å². The first-order chi connectivity index (χ1) is 9.56. The van der Waals surface area contributed by atoms with E-state index in [9.17, 15) is 4.79 Å². The number of ether oxygens (including phenoxy) is 1. The number of hydrogen-bond acceptors (Lipinski definition) is 5. The van der Waals surface area contributed by atoms with Gasteiger partial charge in [0.05, 0.1) is 7.11 Å². The molecule has 2 fully saturated rings. The number of anilines is 1. The third-order valence-corrected chi connectivity index (χ3v) is 5.64. The Kier molecular flexibility index (Phi) is 3.60. The number of aromatic nitrogens is 2. The fourth-order valence-electron chi connectivity index (χ4n) is 2.92.